The largest absolute Gasteiger partial charge is 0.360 e. The van der Waals surface area contributed by atoms with E-state index in [0.29, 0.717) is 29.4 Å². The maximum absolute atomic E-state index is 12.0. The monoisotopic (exact) mass is 320 g/mol. The molecule has 6 nitrogen and oxygen atoms in total. The predicted molar refractivity (Wildman–Crippen MR) is 82.7 cm³/mol. The quantitative estimate of drug-likeness (QED) is 0.899. The van der Waals surface area contributed by atoms with Crippen LogP contribution in [0, 0.1) is 0 Å². The molecule has 0 saturated heterocycles. The summed E-state index contributed by atoms with van der Waals surface area (Å²) < 4.78 is 4.96. The van der Waals surface area contributed by atoms with Crippen LogP contribution < -0.4 is 11.1 Å². The molecule has 0 fully saturated rings. The number of hydrogen-bond donors (Lipinski definition) is 2. The zero-order chi connectivity index (χ0) is 15.5. The fourth-order valence-corrected chi connectivity index (χ4v) is 2.74. The summed E-state index contributed by atoms with van der Waals surface area (Å²) in [4.78, 5) is 16.4. The van der Waals surface area contributed by atoms with E-state index in [2.05, 4.69) is 15.5 Å². The van der Waals surface area contributed by atoms with Gasteiger partial charge in [-0.05, 0) is 30.9 Å². The van der Waals surface area contributed by atoms with E-state index in [1.807, 2.05) is 6.07 Å². The molecule has 7 heteroatoms. The number of nitrogens with one attached hydrogen (secondary N) is 1. The number of nitrogens with two attached hydrogens (primary N) is 1. The number of rotatable bonds is 4. The molecular weight excluding hydrogens is 304 g/mol. The maximum Gasteiger partial charge on any atom is 0.224 e. The second-order valence-corrected chi connectivity index (χ2v) is 5.88. The Morgan fingerprint density at radius 3 is 3.14 bits per heavy atom. The summed E-state index contributed by atoms with van der Waals surface area (Å²) in [5.74, 6) is 0.490. The van der Waals surface area contributed by atoms with Gasteiger partial charge in [-0.1, -0.05) is 16.8 Å². The first-order chi connectivity index (χ1) is 10.6. The molecule has 3 N–H and O–H groups in total. The molecule has 0 bridgehead atoms. The van der Waals surface area contributed by atoms with Crippen molar-refractivity contribution in [3.8, 4) is 0 Å². The van der Waals surface area contributed by atoms with Crippen molar-refractivity contribution in [1.82, 2.24) is 10.1 Å². The second-order valence-electron chi connectivity index (χ2n) is 5.50. The molecule has 3 rings (SSSR count). The van der Waals surface area contributed by atoms with Crippen molar-refractivity contribution in [2.75, 3.05) is 5.32 Å². The second kappa shape index (κ2) is 6.46. The maximum atomic E-state index is 12.0. The van der Waals surface area contributed by atoms with Crippen LogP contribution >= 0.6 is 11.6 Å². The first-order valence-electron chi connectivity index (χ1n) is 7.24. The first-order valence-corrected chi connectivity index (χ1v) is 7.62. The predicted octanol–water partition coefficient (Wildman–Crippen LogP) is 2.11. The lowest BCUT2D eigenvalue weighted by atomic mass is 9.92. The molecule has 0 aliphatic heterocycles. The van der Waals surface area contributed by atoms with E-state index in [-0.39, 0.29) is 11.9 Å². The molecule has 2 aromatic heterocycles. The third-order valence-electron chi connectivity index (χ3n) is 3.71. The number of nitrogens with zero attached hydrogens (tertiary/aromatic N) is 2. The molecule has 22 heavy (non-hydrogen) atoms. The Kier molecular flexibility index (Phi) is 4.40. The normalized spacial score (nSPS) is 17.1. The topological polar surface area (TPSA) is 94.0 Å². The summed E-state index contributed by atoms with van der Waals surface area (Å²) in [6.45, 7) is 0. The number of amides is 1. The van der Waals surface area contributed by atoms with Crippen LogP contribution in [-0.4, -0.2) is 22.1 Å². The number of carbonyl (C=O) groups excluding carboxylic acids is 1. The Labute approximate surface area is 133 Å². The van der Waals surface area contributed by atoms with Crippen molar-refractivity contribution in [2.24, 2.45) is 5.73 Å². The van der Waals surface area contributed by atoms with E-state index >= 15 is 0 Å². The van der Waals surface area contributed by atoms with Gasteiger partial charge in [-0.2, -0.15) is 0 Å². The van der Waals surface area contributed by atoms with Gasteiger partial charge in [0.05, 0.1) is 11.9 Å². The number of halogens is 1. The van der Waals surface area contributed by atoms with Gasteiger partial charge in [0.2, 0.25) is 5.91 Å². The van der Waals surface area contributed by atoms with Crippen molar-refractivity contribution >= 4 is 23.2 Å². The summed E-state index contributed by atoms with van der Waals surface area (Å²) in [7, 11) is 0. The lowest BCUT2D eigenvalue weighted by Crippen LogP contribution is -2.28. The molecule has 0 saturated carbocycles. The van der Waals surface area contributed by atoms with E-state index in [0.717, 1.165) is 30.5 Å². The van der Waals surface area contributed by atoms with E-state index in [9.17, 15) is 4.79 Å². The smallest absolute Gasteiger partial charge is 0.224 e. The van der Waals surface area contributed by atoms with Crippen LogP contribution in [0.2, 0.25) is 5.15 Å². The molecule has 1 aliphatic carbocycles. The number of pyridine rings is 1. The van der Waals surface area contributed by atoms with Gasteiger partial charge in [-0.25, -0.2) is 0 Å². The fraction of sp³-hybridized carbons (Fsp3) is 0.400. The van der Waals surface area contributed by atoms with Gasteiger partial charge in [0.15, 0.2) is 5.15 Å². The van der Waals surface area contributed by atoms with Crippen LogP contribution in [0.5, 0.6) is 0 Å². The van der Waals surface area contributed by atoms with Crippen molar-refractivity contribution in [3.05, 3.63) is 40.5 Å². The Morgan fingerprint density at radius 2 is 2.36 bits per heavy atom. The van der Waals surface area contributed by atoms with Gasteiger partial charge in [0, 0.05) is 30.6 Å². The van der Waals surface area contributed by atoms with Crippen LogP contribution in [0.25, 0.3) is 0 Å². The Hall–Kier alpha value is -1.92. The summed E-state index contributed by atoms with van der Waals surface area (Å²) in [6, 6.07) is 3.75. The number of carbonyl (C=O) groups is 1. The number of aryl methyl sites for hydroxylation is 2. The van der Waals surface area contributed by atoms with E-state index in [1.165, 1.54) is 0 Å². The Balaban J connectivity index is 1.58. The summed E-state index contributed by atoms with van der Waals surface area (Å²) >= 11 is 5.66. The molecule has 0 radical (unpaired) electrons. The zero-order valence-electron chi connectivity index (χ0n) is 12.0. The number of anilines is 1. The van der Waals surface area contributed by atoms with Gasteiger partial charge in [0.25, 0.3) is 0 Å². The molecule has 2 aromatic rings. The standard InChI is InChI=1S/C15H17ClN4O2/c16-14-7-12(22-20-14)2-4-15(21)19-11-6-9-5-10(17)1-3-13(9)18-8-11/h6-8,10H,1-5,17H2,(H,19,21). The fourth-order valence-electron chi connectivity index (χ4n) is 2.58. The molecule has 1 atom stereocenters. The van der Waals surface area contributed by atoms with Crippen LogP contribution in [0.4, 0.5) is 5.69 Å². The molecule has 0 aromatic carbocycles. The summed E-state index contributed by atoms with van der Waals surface area (Å²) in [5, 5.41) is 6.71. The summed E-state index contributed by atoms with van der Waals surface area (Å²) in [5.41, 5.74) is 8.88. The van der Waals surface area contributed by atoms with Crippen LogP contribution in [0.3, 0.4) is 0 Å². The minimum atomic E-state index is -0.102. The highest BCUT2D eigenvalue weighted by Crippen LogP contribution is 2.21. The van der Waals surface area contributed by atoms with Crippen LogP contribution in [0.1, 0.15) is 29.9 Å². The number of hydrogen-bond acceptors (Lipinski definition) is 5. The van der Waals surface area contributed by atoms with Crippen LogP contribution in [-0.2, 0) is 24.1 Å². The molecule has 1 aliphatic rings. The van der Waals surface area contributed by atoms with Gasteiger partial charge in [-0.3, -0.25) is 9.78 Å². The molecule has 116 valence electrons. The lowest BCUT2D eigenvalue weighted by molar-refractivity contribution is -0.116. The first kappa shape index (κ1) is 15.0. The average Bonchev–Trinajstić information content (AvgIpc) is 2.90. The zero-order valence-corrected chi connectivity index (χ0v) is 12.8. The molecule has 0 spiro atoms. The molecule has 1 unspecified atom stereocenters. The van der Waals surface area contributed by atoms with Gasteiger partial charge in [0.1, 0.15) is 5.76 Å². The van der Waals surface area contributed by atoms with Crippen molar-refractivity contribution in [3.63, 3.8) is 0 Å². The van der Waals surface area contributed by atoms with Gasteiger partial charge < -0.3 is 15.6 Å². The highest BCUT2D eigenvalue weighted by molar-refractivity contribution is 6.29. The van der Waals surface area contributed by atoms with Crippen molar-refractivity contribution in [1.29, 1.82) is 0 Å². The highest BCUT2D eigenvalue weighted by Gasteiger charge is 2.17. The minimum absolute atomic E-state index is 0.102. The van der Waals surface area contributed by atoms with E-state index in [1.54, 1.807) is 12.3 Å². The lowest BCUT2D eigenvalue weighted by Gasteiger charge is -2.21. The van der Waals surface area contributed by atoms with E-state index in [4.69, 9.17) is 21.9 Å². The Morgan fingerprint density at radius 1 is 1.50 bits per heavy atom. The van der Waals surface area contributed by atoms with Gasteiger partial charge >= 0.3 is 0 Å². The van der Waals surface area contributed by atoms with Crippen molar-refractivity contribution in [2.45, 2.75) is 38.1 Å². The summed E-state index contributed by atoms with van der Waals surface area (Å²) in [6.07, 6.45) is 5.11. The minimum Gasteiger partial charge on any atom is -0.360 e. The molecular formula is C15H17ClN4O2. The number of aromatic nitrogens is 2. The number of fused-ring (bicyclic) bond motifs is 1. The SMILES string of the molecule is NC1CCc2ncc(NC(=O)CCc3cc(Cl)no3)cc2C1. The molecule has 1 amide bonds. The molecule has 2 heterocycles. The van der Waals surface area contributed by atoms with Gasteiger partial charge in [-0.15, -0.1) is 0 Å². The Bertz CT molecular complexity index is 686. The highest BCUT2D eigenvalue weighted by atomic mass is 35.5. The third-order valence-corrected chi connectivity index (χ3v) is 3.88. The third kappa shape index (κ3) is 3.64. The van der Waals surface area contributed by atoms with Crippen LogP contribution in [0.15, 0.2) is 22.9 Å². The van der Waals surface area contributed by atoms with E-state index < -0.39 is 0 Å². The van der Waals surface area contributed by atoms with Crippen molar-refractivity contribution < 1.29 is 9.32 Å². The average molecular weight is 321 g/mol.